The van der Waals surface area contributed by atoms with E-state index in [0.717, 1.165) is 22.8 Å². The maximum absolute atomic E-state index is 10.7. The van der Waals surface area contributed by atoms with Gasteiger partial charge in [0.05, 0.1) is 11.4 Å². The molecule has 0 saturated heterocycles. The first kappa shape index (κ1) is 12.9. The summed E-state index contributed by atoms with van der Waals surface area (Å²) in [5.74, 6) is -0.748. The highest BCUT2D eigenvalue weighted by Crippen LogP contribution is 2.27. The molecule has 3 rings (SSSR count). The number of carboxylic acids is 1. The zero-order chi connectivity index (χ0) is 14.1. The number of anilines is 1. The highest BCUT2D eigenvalue weighted by Gasteiger charge is 2.14. The average molecular weight is 306 g/mol. The summed E-state index contributed by atoms with van der Waals surface area (Å²) >= 11 is 2.75. The van der Waals surface area contributed by atoms with Gasteiger partial charge in [-0.1, -0.05) is 11.8 Å². The predicted octanol–water partition coefficient (Wildman–Crippen LogP) is 2.24. The van der Waals surface area contributed by atoms with Crippen molar-refractivity contribution in [2.24, 2.45) is 0 Å². The molecule has 0 bridgehead atoms. The number of thioether (sulfide) groups is 1. The van der Waals surface area contributed by atoms with E-state index >= 15 is 0 Å². The van der Waals surface area contributed by atoms with Gasteiger partial charge in [0.1, 0.15) is 0 Å². The molecular weight excluding hydrogens is 296 g/mol. The fourth-order valence-corrected chi connectivity index (χ4v) is 3.29. The van der Waals surface area contributed by atoms with E-state index in [9.17, 15) is 4.79 Å². The largest absolute Gasteiger partial charge is 0.481 e. The second kappa shape index (κ2) is 5.14. The summed E-state index contributed by atoms with van der Waals surface area (Å²) in [4.78, 5) is 10.7. The van der Waals surface area contributed by atoms with Crippen molar-refractivity contribution in [3.05, 3.63) is 29.6 Å². The minimum Gasteiger partial charge on any atom is -0.481 e. The van der Waals surface area contributed by atoms with Crippen LogP contribution in [-0.4, -0.2) is 31.6 Å². The normalized spacial score (nSPS) is 11.0. The highest BCUT2D eigenvalue weighted by atomic mass is 32.2. The van der Waals surface area contributed by atoms with Crippen molar-refractivity contribution in [3.63, 3.8) is 0 Å². The van der Waals surface area contributed by atoms with Crippen LogP contribution < -0.4 is 5.73 Å². The summed E-state index contributed by atoms with van der Waals surface area (Å²) < 4.78 is 2.84. The van der Waals surface area contributed by atoms with Crippen molar-refractivity contribution in [3.8, 4) is 5.69 Å². The Morgan fingerprint density at radius 2 is 2.25 bits per heavy atom. The number of benzene rings is 1. The zero-order valence-electron chi connectivity index (χ0n) is 10.2. The lowest BCUT2D eigenvalue weighted by molar-refractivity contribution is -0.133. The number of hydrogen-bond donors (Lipinski definition) is 2. The Labute approximate surface area is 122 Å². The minimum atomic E-state index is -0.906. The van der Waals surface area contributed by atoms with Gasteiger partial charge in [0.2, 0.25) is 5.95 Å². The van der Waals surface area contributed by atoms with E-state index in [0.29, 0.717) is 5.16 Å². The van der Waals surface area contributed by atoms with Crippen molar-refractivity contribution in [2.75, 3.05) is 11.5 Å². The van der Waals surface area contributed by atoms with E-state index < -0.39 is 5.97 Å². The van der Waals surface area contributed by atoms with Crippen molar-refractivity contribution in [1.82, 2.24) is 14.8 Å². The number of fused-ring (bicyclic) bond motifs is 1. The van der Waals surface area contributed by atoms with Gasteiger partial charge in [0.15, 0.2) is 5.16 Å². The van der Waals surface area contributed by atoms with Crippen LogP contribution in [-0.2, 0) is 4.79 Å². The third kappa shape index (κ3) is 2.35. The highest BCUT2D eigenvalue weighted by molar-refractivity contribution is 7.99. The number of hydrogen-bond acceptors (Lipinski definition) is 6. The number of rotatable bonds is 4. The third-order valence-corrected chi connectivity index (χ3v) is 4.49. The molecule has 0 atom stereocenters. The first-order chi connectivity index (χ1) is 9.65. The molecule has 102 valence electrons. The maximum atomic E-state index is 10.7. The van der Waals surface area contributed by atoms with Crippen LogP contribution in [0.3, 0.4) is 0 Å². The van der Waals surface area contributed by atoms with Crippen molar-refractivity contribution in [1.29, 1.82) is 0 Å². The number of nitrogen functional groups attached to an aromatic ring is 1. The molecule has 2 aromatic heterocycles. The van der Waals surface area contributed by atoms with Gasteiger partial charge in [-0.3, -0.25) is 9.36 Å². The van der Waals surface area contributed by atoms with Crippen molar-refractivity contribution >= 4 is 45.1 Å². The van der Waals surface area contributed by atoms with Crippen molar-refractivity contribution < 1.29 is 9.90 Å². The standard InChI is InChI=1S/C12H10N4O2S2/c13-11-14-15-12(20-6-10(17)18)16(11)8-1-2-9-7(5-8)3-4-19-9/h1-5H,6H2,(H2,13,14)(H,17,18). The molecule has 3 N–H and O–H groups in total. The Hall–Kier alpha value is -2.06. The molecule has 0 aliphatic carbocycles. The van der Waals surface area contributed by atoms with Crippen LogP contribution in [0.5, 0.6) is 0 Å². The summed E-state index contributed by atoms with van der Waals surface area (Å²) in [6.45, 7) is 0. The maximum Gasteiger partial charge on any atom is 0.313 e. The molecule has 3 aromatic rings. The SMILES string of the molecule is Nc1nnc(SCC(=O)O)n1-c1ccc2sccc2c1. The van der Waals surface area contributed by atoms with Crippen LogP contribution in [0.25, 0.3) is 15.8 Å². The van der Waals surface area contributed by atoms with Crippen LogP contribution in [0.15, 0.2) is 34.8 Å². The molecular formula is C12H10N4O2S2. The van der Waals surface area contributed by atoms with Gasteiger partial charge in [-0.25, -0.2) is 0 Å². The Kier molecular flexibility index (Phi) is 3.33. The van der Waals surface area contributed by atoms with Gasteiger partial charge >= 0.3 is 5.97 Å². The number of carbonyl (C=O) groups is 1. The minimum absolute atomic E-state index is 0.0845. The predicted molar refractivity (Wildman–Crippen MR) is 79.5 cm³/mol. The lowest BCUT2D eigenvalue weighted by atomic mass is 10.2. The molecule has 2 heterocycles. The average Bonchev–Trinajstić information content (AvgIpc) is 3.01. The monoisotopic (exact) mass is 306 g/mol. The van der Waals surface area contributed by atoms with Crippen LogP contribution in [0.2, 0.25) is 0 Å². The summed E-state index contributed by atoms with van der Waals surface area (Å²) in [6.07, 6.45) is 0. The zero-order valence-corrected chi connectivity index (χ0v) is 11.8. The Balaban J connectivity index is 2.03. The Morgan fingerprint density at radius 1 is 1.40 bits per heavy atom. The second-order valence-corrected chi connectivity index (χ2v) is 5.89. The number of nitrogens with two attached hydrogens (primary N) is 1. The number of nitrogens with zero attached hydrogens (tertiary/aromatic N) is 3. The molecule has 8 heteroatoms. The van der Waals surface area contributed by atoms with Gasteiger partial charge < -0.3 is 10.8 Å². The lowest BCUT2D eigenvalue weighted by Gasteiger charge is -2.07. The molecule has 20 heavy (non-hydrogen) atoms. The smallest absolute Gasteiger partial charge is 0.313 e. The summed E-state index contributed by atoms with van der Waals surface area (Å²) in [7, 11) is 0. The van der Waals surface area contributed by atoms with E-state index in [-0.39, 0.29) is 11.7 Å². The molecule has 0 spiro atoms. The number of carboxylic acid groups (broad SMARTS) is 1. The van der Waals surface area contributed by atoms with Crippen LogP contribution in [0.4, 0.5) is 5.95 Å². The van der Waals surface area contributed by atoms with Gasteiger partial charge in [-0.2, -0.15) is 0 Å². The topological polar surface area (TPSA) is 94.0 Å². The molecule has 1 aromatic carbocycles. The van der Waals surface area contributed by atoms with Crippen LogP contribution >= 0.6 is 23.1 Å². The molecule has 0 aliphatic heterocycles. The van der Waals surface area contributed by atoms with Gasteiger partial charge in [-0.15, -0.1) is 21.5 Å². The summed E-state index contributed by atoms with van der Waals surface area (Å²) in [5.41, 5.74) is 6.66. The molecule has 0 saturated carbocycles. The lowest BCUT2D eigenvalue weighted by Crippen LogP contribution is -2.04. The van der Waals surface area contributed by atoms with Crippen molar-refractivity contribution in [2.45, 2.75) is 5.16 Å². The molecule has 6 nitrogen and oxygen atoms in total. The molecule has 0 fully saturated rings. The van der Waals surface area contributed by atoms with Crippen LogP contribution in [0, 0.1) is 0 Å². The third-order valence-electron chi connectivity index (χ3n) is 2.68. The van der Waals surface area contributed by atoms with E-state index in [1.54, 1.807) is 15.9 Å². The van der Waals surface area contributed by atoms with Crippen LogP contribution in [0.1, 0.15) is 0 Å². The first-order valence-corrected chi connectivity index (χ1v) is 7.55. The molecule has 0 radical (unpaired) electrons. The Bertz CT molecular complexity index is 781. The fourth-order valence-electron chi connectivity index (χ4n) is 1.84. The fraction of sp³-hybridized carbons (Fsp3) is 0.0833. The molecule has 0 amide bonds. The van der Waals surface area contributed by atoms with Gasteiger partial charge in [0.25, 0.3) is 0 Å². The molecule has 0 unspecified atom stereocenters. The van der Waals surface area contributed by atoms with E-state index in [1.807, 2.05) is 29.6 Å². The summed E-state index contributed by atoms with van der Waals surface area (Å²) in [5, 5.41) is 20.1. The summed E-state index contributed by atoms with van der Waals surface area (Å²) in [6, 6.07) is 7.92. The number of aliphatic carboxylic acids is 1. The van der Waals surface area contributed by atoms with E-state index in [1.165, 1.54) is 4.70 Å². The quantitative estimate of drug-likeness (QED) is 0.718. The molecule has 0 aliphatic rings. The van der Waals surface area contributed by atoms with E-state index in [4.69, 9.17) is 10.8 Å². The van der Waals surface area contributed by atoms with E-state index in [2.05, 4.69) is 10.2 Å². The second-order valence-electron chi connectivity index (χ2n) is 4.00. The number of thiophene rings is 1. The number of aromatic nitrogens is 3. The first-order valence-electron chi connectivity index (χ1n) is 5.68. The van der Waals surface area contributed by atoms with Gasteiger partial charge in [-0.05, 0) is 35.0 Å². The Morgan fingerprint density at radius 3 is 3.05 bits per heavy atom. The van der Waals surface area contributed by atoms with Gasteiger partial charge in [0, 0.05) is 4.70 Å².